The second-order valence-corrected chi connectivity index (χ2v) is 9.48. The molecule has 1 aliphatic heterocycles. The molecular weight excluding hydrogens is 448 g/mol. The fourth-order valence-electron chi connectivity index (χ4n) is 5.49. The van der Waals surface area contributed by atoms with Crippen molar-refractivity contribution in [1.82, 2.24) is 19.9 Å². The molecule has 2 atom stereocenters. The Morgan fingerprint density at radius 2 is 1.67 bits per heavy atom. The van der Waals surface area contributed by atoms with Crippen molar-refractivity contribution in [3.8, 4) is 22.5 Å². The summed E-state index contributed by atoms with van der Waals surface area (Å²) in [6.07, 6.45) is 7.48. The molecule has 0 N–H and O–H groups in total. The van der Waals surface area contributed by atoms with Gasteiger partial charge in [-0.1, -0.05) is 54.6 Å². The second kappa shape index (κ2) is 9.46. The number of ketones is 1. The number of piperidine rings is 1. The lowest BCUT2D eigenvalue weighted by molar-refractivity contribution is -0.133. The van der Waals surface area contributed by atoms with Gasteiger partial charge in [0.15, 0.2) is 11.6 Å². The Balaban J connectivity index is 1.34. The molecule has 1 saturated heterocycles. The largest absolute Gasteiger partial charge is 0.341 e. The second-order valence-electron chi connectivity index (χ2n) is 9.48. The summed E-state index contributed by atoms with van der Waals surface area (Å²) in [6.45, 7) is 1.28. The molecule has 6 nitrogen and oxygen atoms in total. The molecule has 0 bridgehead atoms. The standard InChI is InChI=1S/C30H26N4O2/c35-27-17-25(23-10-4-5-11-24(23)27)30(36)34-16-6-9-22(19-34)28-26(20-7-2-1-3-8-20)18-32-29(33-28)21-12-14-31-15-13-21/h1-5,7-8,10-15,18,22,25H,6,9,16-17,19H2/t22-,25-/m0/s1. The minimum absolute atomic E-state index is 0.0441. The monoisotopic (exact) mass is 474 g/mol. The van der Waals surface area contributed by atoms with E-state index in [0.29, 0.717) is 24.5 Å². The molecule has 2 aromatic heterocycles. The Morgan fingerprint density at radius 1 is 0.889 bits per heavy atom. The molecule has 1 amide bonds. The molecule has 3 heterocycles. The van der Waals surface area contributed by atoms with Crippen LogP contribution in [0.25, 0.3) is 22.5 Å². The molecule has 0 saturated carbocycles. The van der Waals surface area contributed by atoms with E-state index in [1.165, 1.54) is 0 Å². The average Bonchev–Trinajstić information content (AvgIpc) is 3.30. The first-order chi connectivity index (χ1) is 17.7. The van der Waals surface area contributed by atoms with Gasteiger partial charge in [-0.2, -0.15) is 0 Å². The van der Waals surface area contributed by atoms with Crippen LogP contribution >= 0.6 is 0 Å². The number of aromatic nitrogens is 3. The van der Waals surface area contributed by atoms with Crippen LogP contribution in [0.15, 0.2) is 85.3 Å². The number of Topliss-reactive ketones (excluding diaryl/α,β-unsaturated/α-hetero) is 1. The fraction of sp³-hybridized carbons (Fsp3) is 0.233. The van der Waals surface area contributed by atoms with Gasteiger partial charge in [0.25, 0.3) is 0 Å². The van der Waals surface area contributed by atoms with Crippen LogP contribution in [0.4, 0.5) is 0 Å². The van der Waals surface area contributed by atoms with Crippen LogP contribution in [0, 0.1) is 0 Å². The molecule has 36 heavy (non-hydrogen) atoms. The zero-order valence-electron chi connectivity index (χ0n) is 19.9. The topological polar surface area (TPSA) is 76.1 Å². The van der Waals surface area contributed by atoms with Gasteiger partial charge in [0.1, 0.15) is 0 Å². The zero-order chi connectivity index (χ0) is 24.5. The number of carbonyl (C=O) groups is 2. The maximum absolute atomic E-state index is 13.7. The molecule has 6 heteroatoms. The molecule has 6 rings (SSSR count). The van der Waals surface area contributed by atoms with Crippen LogP contribution in [0.1, 0.15) is 52.7 Å². The summed E-state index contributed by atoms with van der Waals surface area (Å²) < 4.78 is 0. The van der Waals surface area contributed by atoms with E-state index in [1.807, 2.05) is 65.7 Å². The van der Waals surface area contributed by atoms with E-state index >= 15 is 0 Å². The number of hydrogen-bond donors (Lipinski definition) is 0. The predicted molar refractivity (Wildman–Crippen MR) is 137 cm³/mol. The smallest absolute Gasteiger partial charge is 0.230 e. The lowest BCUT2D eigenvalue weighted by atomic mass is 9.88. The fourth-order valence-corrected chi connectivity index (χ4v) is 5.49. The molecule has 2 aromatic carbocycles. The maximum atomic E-state index is 13.7. The molecular formula is C30H26N4O2. The van der Waals surface area contributed by atoms with Crippen molar-refractivity contribution in [3.63, 3.8) is 0 Å². The summed E-state index contributed by atoms with van der Waals surface area (Å²) in [5.74, 6) is 0.447. The summed E-state index contributed by atoms with van der Waals surface area (Å²) >= 11 is 0. The Labute approximate surface area is 210 Å². The van der Waals surface area contributed by atoms with Crippen molar-refractivity contribution in [2.45, 2.75) is 31.1 Å². The van der Waals surface area contributed by atoms with Crippen molar-refractivity contribution in [2.75, 3.05) is 13.1 Å². The highest BCUT2D eigenvalue weighted by Gasteiger charge is 2.38. The molecule has 1 fully saturated rings. The number of nitrogens with zero attached hydrogens (tertiary/aromatic N) is 4. The first-order valence-corrected chi connectivity index (χ1v) is 12.4. The van der Waals surface area contributed by atoms with Gasteiger partial charge >= 0.3 is 0 Å². The van der Waals surface area contributed by atoms with Crippen LogP contribution in [0.2, 0.25) is 0 Å². The Hall–Kier alpha value is -4.19. The highest BCUT2D eigenvalue weighted by molar-refractivity contribution is 6.06. The highest BCUT2D eigenvalue weighted by atomic mass is 16.2. The SMILES string of the molecule is O=C1C[C@H](C(=O)N2CCC[C@H](c3nc(-c4ccncc4)ncc3-c3ccccc3)C2)c2ccccc21. The first kappa shape index (κ1) is 22.3. The minimum Gasteiger partial charge on any atom is -0.341 e. The quantitative estimate of drug-likeness (QED) is 0.402. The van der Waals surface area contributed by atoms with Crippen molar-refractivity contribution < 1.29 is 9.59 Å². The van der Waals surface area contributed by atoms with Crippen LogP contribution in [0.3, 0.4) is 0 Å². The van der Waals surface area contributed by atoms with Gasteiger partial charge in [0.05, 0.1) is 11.6 Å². The van der Waals surface area contributed by atoms with Gasteiger partial charge in [0.2, 0.25) is 5.91 Å². The van der Waals surface area contributed by atoms with Gasteiger partial charge in [-0.15, -0.1) is 0 Å². The number of carbonyl (C=O) groups excluding carboxylic acids is 2. The van der Waals surface area contributed by atoms with Crippen LogP contribution in [-0.2, 0) is 4.79 Å². The van der Waals surface area contributed by atoms with Gasteiger partial charge in [-0.05, 0) is 36.1 Å². The first-order valence-electron chi connectivity index (χ1n) is 12.4. The number of pyridine rings is 1. The molecule has 178 valence electrons. The van der Waals surface area contributed by atoms with E-state index in [1.54, 1.807) is 12.4 Å². The highest BCUT2D eigenvalue weighted by Crippen LogP contribution is 2.38. The zero-order valence-corrected chi connectivity index (χ0v) is 19.9. The molecule has 0 radical (unpaired) electrons. The summed E-state index contributed by atoms with van der Waals surface area (Å²) in [5, 5.41) is 0. The van der Waals surface area contributed by atoms with E-state index in [9.17, 15) is 9.59 Å². The van der Waals surface area contributed by atoms with Crippen LogP contribution < -0.4 is 0 Å². The minimum atomic E-state index is -0.390. The number of hydrogen-bond acceptors (Lipinski definition) is 5. The van der Waals surface area contributed by atoms with Crippen LogP contribution in [-0.4, -0.2) is 44.6 Å². The van der Waals surface area contributed by atoms with Gasteiger partial charge in [0, 0.05) is 60.7 Å². The summed E-state index contributed by atoms with van der Waals surface area (Å²) in [7, 11) is 0. The number of fused-ring (bicyclic) bond motifs is 1. The third-order valence-electron chi connectivity index (χ3n) is 7.29. The summed E-state index contributed by atoms with van der Waals surface area (Å²) in [6, 6.07) is 21.5. The van der Waals surface area contributed by atoms with E-state index in [0.717, 1.165) is 40.8 Å². The van der Waals surface area contributed by atoms with Gasteiger partial charge in [-0.3, -0.25) is 14.6 Å². The number of rotatable bonds is 4. The number of benzene rings is 2. The van der Waals surface area contributed by atoms with E-state index < -0.39 is 0 Å². The van der Waals surface area contributed by atoms with Crippen molar-refractivity contribution in [3.05, 3.63) is 102 Å². The van der Waals surface area contributed by atoms with Gasteiger partial charge < -0.3 is 4.90 Å². The lowest BCUT2D eigenvalue weighted by Crippen LogP contribution is -2.41. The third kappa shape index (κ3) is 4.09. The average molecular weight is 475 g/mol. The Bertz CT molecular complexity index is 1420. The molecule has 4 aromatic rings. The maximum Gasteiger partial charge on any atom is 0.230 e. The molecule has 0 unspecified atom stereocenters. The summed E-state index contributed by atoms with van der Waals surface area (Å²) in [4.78, 5) is 42.0. The number of likely N-dealkylation sites (tertiary alicyclic amines) is 1. The van der Waals surface area contributed by atoms with E-state index in [2.05, 4.69) is 22.1 Å². The van der Waals surface area contributed by atoms with E-state index in [4.69, 9.17) is 4.98 Å². The van der Waals surface area contributed by atoms with Crippen LogP contribution in [0.5, 0.6) is 0 Å². The van der Waals surface area contributed by atoms with Crippen molar-refractivity contribution in [1.29, 1.82) is 0 Å². The summed E-state index contributed by atoms with van der Waals surface area (Å²) in [5.41, 5.74) is 5.48. The Morgan fingerprint density at radius 3 is 2.50 bits per heavy atom. The number of amides is 1. The Kier molecular flexibility index (Phi) is 5.85. The lowest BCUT2D eigenvalue weighted by Gasteiger charge is -2.35. The molecule has 0 spiro atoms. The predicted octanol–water partition coefficient (Wildman–Crippen LogP) is 5.28. The third-order valence-corrected chi connectivity index (χ3v) is 7.29. The van der Waals surface area contributed by atoms with Crippen molar-refractivity contribution in [2.24, 2.45) is 0 Å². The van der Waals surface area contributed by atoms with E-state index in [-0.39, 0.29) is 29.9 Å². The molecule has 2 aliphatic rings. The molecule has 1 aliphatic carbocycles. The normalized spacial score (nSPS) is 19.2. The van der Waals surface area contributed by atoms with Crippen molar-refractivity contribution >= 4 is 11.7 Å². The van der Waals surface area contributed by atoms with Gasteiger partial charge in [-0.25, -0.2) is 9.97 Å².